The molecular weight excluding hydrogens is 316 g/mol. The van der Waals surface area contributed by atoms with Crippen molar-refractivity contribution in [1.29, 1.82) is 0 Å². The summed E-state index contributed by atoms with van der Waals surface area (Å²) >= 11 is 0. The third-order valence-corrected chi connectivity index (χ3v) is 6.13. The molecule has 3 amide bonds. The van der Waals surface area contributed by atoms with E-state index in [-0.39, 0.29) is 35.5 Å². The van der Waals surface area contributed by atoms with Crippen molar-refractivity contribution in [2.75, 3.05) is 18.0 Å². The van der Waals surface area contributed by atoms with Crippen LogP contribution in [0.15, 0.2) is 30.3 Å². The molecule has 3 fully saturated rings. The largest absolute Gasteiger partial charge is 0.342 e. The standard InChI is InChI=1S/C20H24N2O3/c1-13-9-10-15(18(23)21-11-5-6-12-21)17-16(13)19(24)22(20(17)25)14-7-3-2-4-8-14/h2-4,7-8,13,15-17H,5-6,9-12H2,1H3/t13-,15+,16-,17+/m1/s1. The molecule has 0 aromatic heterocycles. The molecule has 1 aliphatic carbocycles. The van der Waals surface area contributed by atoms with Gasteiger partial charge < -0.3 is 4.90 Å². The average molecular weight is 340 g/mol. The molecule has 0 radical (unpaired) electrons. The van der Waals surface area contributed by atoms with Crippen LogP contribution >= 0.6 is 0 Å². The highest BCUT2D eigenvalue weighted by atomic mass is 16.2. The summed E-state index contributed by atoms with van der Waals surface area (Å²) in [5.41, 5.74) is 0.617. The Balaban J connectivity index is 1.67. The van der Waals surface area contributed by atoms with Crippen LogP contribution in [-0.4, -0.2) is 35.7 Å². The summed E-state index contributed by atoms with van der Waals surface area (Å²) in [6.45, 7) is 3.60. The number of carbonyl (C=O) groups excluding carboxylic acids is 3. The van der Waals surface area contributed by atoms with Gasteiger partial charge in [-0.3, -0.25) is 19.3 Å². The fourth-order valence-corrected chi connectivity index (χ4v) is 4.82. The van der Waals surface area contributed by atoms with Gasteiger partial charge in [0.05, 0.1) is 23.4 Å². The summed E-state index contributed by atoms with van der Waals surface area (Å²) < 4.78 is 0. The highest BCUT2D eigenvalue weighted by Crippen LogP contribution is 2.46. The Hall–Kier alpha value is -2.17. The van der Waals surface area contributed by atoms with Gasteiger partial charge in [0.1, 0.15) is 0 Å². The molecule has 1 aromatic carbocycles. The molecule has 1 aromatic rings. The lowest BCUT2D eigenvalue weighted by Gasteiger charge is -2.35. The third kappa shape index (κ3) is 2.57. The minimum atomic E-state index is -0.496. The Labute approximate surface area is 148 Å². The molecule has 132 valence electrons. The normalized spacial score (nSPS) is 32.2. The number of likely N-dealkylation sites (tertiary alicyclic amines) is 1. The summed E-state index contributed by atoms with van der Waals surface area (Å²) in [5, 5.41) is 0. The van der Waals surface area contributed by atoms with Crippen molar-refractivity contribution in [1.82, 2.24) is 4.90 Å². The topological polar surface area (TPSA) is 57.7 Å². The molecular formula is C20H24N2O3. The van der Waals surface area contributed by atoms with Gasteiger partial charge in [-0.2, -0.15) is 0 Å². The van der Waals surface area contributed by atoms with Crippen LogP contribution in [-0.2, 0) is 14.4 Å². The maximum atomic E-state index is 13.2. The van der Waals surface area contributed by atoms with Gasteiger partial charge in [-0.05, 0) is 43.7 Å². The molecule has 5 heteroatoms. The van der Waals surface area contributed by atoms with Crippen molar-refractivity contribution in [2.45, 2.75) is 32.6 Å². The molecule has 2 saturated heterocycles. The number of imide groups is 1. The van der Waals surface area contributed by atoms with E-state index in [0.717, 1.165) is 32.4 Å². The summed E-state index contributed by atoms with van der Waals surface area (Å²) in [5.74, 6) is -1.31. The second-order valence-electron chi connectivity index (χ2n) is 7.59. The lowest BCUT2D eigenvalue weighted by molar-refractivity contribution is -0.143. The number of anilines is 1. The molecule has 0 unspecified atom stereocenters. The van der Waals surface area contributed by atoms with E-state index in [4.69, 9.17) is 0 Å². The van der Waals surface area contributed by atoms with Gasteiger partial charge >= 0.3 is 0 Å². The highest BCUT2D eigenvalue weighted by molar-refractivity contribution is 6.23. The lowest BCUT2D eigenvalue weighted by atomic mass is 9.68. The molecule has 0 N–H and O–H groups in total. The van der Waals surface area contributed by atoms with E-state index in [1.807, 2.05) is 30.0 Å². The number of fused-ring (bicyclic) bond motifs is 1. The number of benzene rings is 1. The zero-order chi connectivity index (χ0) is 17.6. The van der Waals surface area contributed by atoms with E-state index >= 15 is 0 Å². The first-order chi connectivity index (χ1) is 12.1. The summed E-state index contributed by atoms with van der Waals surface area (Å²) in [7, 11) is 0. The molecule has 4 atom stereocenters. The van der Waals surface area contributed by atoms with Gasteiger partial charge in [-0.1, -0.05) is 25.1 Å². The van der Waals surface area contributed by atoms with Crippen LogP contribution in [0.5, 0.6) is 0 Å². The number of amides is 3. The Morgan fingerprint density at radius 3 is 2.28 bits per heavy atom. The molecule has 0 bridgehead atoms. The summed E-state index contributed by atoms with van der Waals surface area (Å²) in [6.07, 6.45) is 3.60. The molecule has 4 rings (SSSR count). The molecule has 3 aliphatic rings. The van der Waals surface area contributed by atoms with Crippen LogP contribution in [0, 0.1) is 23.7 Å². The Morgan fingerprint density at radius 1 is 0.960 bits per heavy atom. The van der Waals surface area contributed by atoms with Crippen LogP contribution in [0.3, 0.4) is 0 Å². The van der Waals surface area contributed by atoms with Crippen LogP contribution in [0.4, 0.5) is 5.69 Å². The van der Waals surface area contributed by atoms with E-state index in [2.05, 4.69) is 0 Å². The van der Waals surface area contributed by atoms with E-state index in [1.54, 1.807) is 12.1 Å². The first kappa shape index (κ1) is 16.3. The van der Waals surface area contributed by atoms with Crippen LogP contribution in [0.25, 0.3) is 0 Å². The first-order valence-electron chi connectivity index (χ1n) is 9.31. The molecule has 2 aliphatic heterocycles. The number of nitrogens with zero attached hydrogens (tertiary/aromatic N) is 2. The van der Waals surface area contributed by atoms with Gasteiger partial charge in [0.2, 0.25) is 17.7 Å². The highest BCUT2D eigenvalue weighted by Gasteiger charge is 2.57. The Kier molecular flexibility index (Phi) is 4.10. The minimum absolute atomic E-state index is 0.0791. The number of rotatable bonds is 2. The van der Waals surface area contributed by atoms with Crippen molar-refractivity contribution in [3.05, 3.63) is 30.3 Å². The fourth-order valence-electron chi connectivity index (χ4n) is 4.82. The average Bonchev–Trinajstić information content (AvgIpc) is 3.24. The number of para-hydroxylation sites is 1. The quantitative estimate of drug-likeness (QED) is 0.777. The second kappa shape index (κ2) is 6.28. The van der Waals surface area contributed by atoms with E-state index in [9.17, 15) is 14.4 Å². The predicted octanol–water partition coefficient (Wildman–Crippen LogP) is 2.46. The first-order valence-corrected chi connectivity index (χ1v) is 9.31. The van der Waals surface area contributed by atoms with Crippen molar-refractivity contribution in [2.24, 2.45) is 23.7 Å². The third-order valence-electron chi connectivity index (χ3n) is 6.13. The monoisotopic (exact) mass is 340 g/mol. The van der Waals surface area contributed by atoms with E-state index in [0.29, 0.717) is 12.1 Å². The van der Waals surface area contributed by atoms with Crippen LogP contribution in [0.2, 0.25) is 0 Å². The zero-order valence-corrected chi connectivity index (χ0v) is 14.6. The van der Waals surface area contributed by atoms with Gasteiger partial charge in [0.15, 0.2) is 0 Å². The van der Waals surface area contributed by atoms with Crippen molar-refractivity contribution < 1.29 is 14.4 Å². The Morgan fingerprint density at radius 2 is 1.60 bits per heavy atom. The van der Waals surface area contributed by atoms with Crippen LogP contribution in [0.1, 0.15) is 32.6 Å². The number of hydrogen-bond donors (Lipinski definition) is 0. The SMILES string of the molecule is C[C@@H]1CC[C@H](C(=O)N2CCCC2)[C@@H]2C(=O)N(c3ccccc3)C(=O)[C@@H]21. The summed E-state index contributed by atoms with van der Waals surface area (Å²) in [4.78, 5) is 42.4. The number of hydrogen-bond acceptors (Lipinski definition) is 3. The minimum Gasteiger partial charge on any atom is -0.342 e. The van der Waals surface area contributed by atoms with Gasteiger partial charge in [-0.25, -0.2) is 0 Å². The van der Waals surface area contributed by atoms with Gasteiger partial charge in [0.25, 0.3) is 0 Å². The predicted molar refractivity (Wildman–Crippen MR) is 93.6 cm³/mol. The lowest BCUT2D eigenvalue weighted by Crippen LogP contribution is -2.45. The van der Waals surface area contributed by atoms with Gasteiger partial charge in [0, 0.05) is 13.1 Å². The van der Waals surface area contributed by atoms with Gasteiger partial charge in [-0.15, -0.1) is 0 Å². The van der Waals surface area contributed by atoms with Crippen molar-refractivity contribution >= 4 is 23.4 Å². The number of carbonyl (C=O) groups is 3. The molecule has 2 heterocycles. The fraction of sp³-hybridized carbons (Fsp3) is 0.550. The maximum Gasteiger partial charge on any atom is 0.238 e. The van der Waals surface area contributed by atoms with E-state index < -0.39 is 5.92 Å². The maximum absolute atomic E-state index is 13.2. The molecule has 25 heavy (non-hydrogen) atoms. The Bertz CT molecular complexity index is 696. The molecule has 1 saturated carbocycles. The second-order valence-corrected chi connectivity index (χ2v) is 7.59. The zero-order valence-electron chi connectivity index (χ0n) is 14.6. The smallest absolute Gasteiger partial charge is 0.238 e. The van der Waals surface area contributed by atoms with Crippen LogP contribution < -0.4 is 4.90 Å². The molecule has 0 spiro atoms. The van der Waals surface area contributed by atoms with E-state index in [1.165, 1.54) is 4.90 Å². The summed E-state index contributed by atoms with van der Waals surface area (Å²) in [6, 6.07) is 9.09. The van der Waals surface area contributed by atoms with Crippen molar-refractivity contribution in [3.8, 4) is 0 Å². The molecule has 5 nitrogen and oxygen atoms in total. The van der Waals surface area contributed by atoms with Crippen molar-refractivity contribution in [3.63, 3.8) is 0 Å².